The van der Waals surface area contributed by atoms with E-state index in [2.05, 4.69) is 20.3 Å². The molecule has 1 amide bonds. The van der Waals surface area contributed by atoms with Crippen LogP contribution in [0.5, 0.6) is 5.75 Å². The minimum atomic E-state index is -0.227. The molecule has 5 rings (SSSR count). The van der Waals surface area contributed by atoms with Crippen molar-refractivity contribution in [2.75, 3.05) is 12.4 Å². The largest absolute Gasteiger partial charge is 0.497 e. The Morgan fingerprint density at radius 2 is 1.94 bits per heavy atom. The molecule has 0 saturated carbocycles. The van der Waals surface area contributed by atoms with Gasteiger partial charge >= 0.3 is 0 Å². The summed E-state index contributed by atoms with van der Waals surface area (Å²) in [5, 5.41) is 4.51. The summed E-state index contributed by atoms with van der Waals surface area (Å²) in [5.74, 6) is 0.322. The zero-order valence-corrected chi connectivity index (χ0v) is 19.6. The van der Waals surface area contributed by atoms with Gasteiger partial charge in [0.25, 0.3) is 0 Å². The Bertz CT molecular complexity index is 1570. The number of methoxy groups -OCH3 is 1. The summed E-state index contributed by atoms with van der Waals surface area (Å²) in [5.41, 5.74) is 2.93. The number of ether oxygens (including phenoxy) is 1. The van der Waals surface area contributed by atoms with E-state index in [4.69, 9.17) is 4.74 Å². The number of benzene rings is 1. The lowest BCUT2D eigenvalue weighted by Crippen LogP contribution is -2.18. The van der Waals surface area contributed by atoms with Gasteiger partial charge in [-0.3, -0.25) is 14.6 Å². The predicted octanol–water partition coefficient (Wildman–Crippen LogP) is 4.24. The van der Waals surface area contributed by atoms with Crippen LogP contribution in [-0.2, 0) is 11.3 Å². The third-order valence-corrected chi connectivity index (χ3v) is 5.87. The fourth-order valence-electron chi connectivity index (χ4n) is 4.15. The van der Waals surface area contributed by atoms with Gasteiger partial charge in [-0.2, -0.15) is 0 Å². The van der Waals surface area contributed by atoms with Crippen molar-refractivity contribution >= 4 is 39.3 Å². The molecule has 0 radical (unpaired) electrons. The maximum absolute atomic E-state index is 13.4. The van der Waals surface area contributed by atoms with Crippen LogP contribution in [0.2, 0.25) is 0 Å². The van der Waals surface area contributed by atoms with Crippen LogP contribution in [0.15, 0.2) is 67.6 Å². The number of pyridine rings is 1. The van der Waals surface area contributed by atoms with Crippen LogP contribution in [0.3, 0.4) is 0 Å². The van der Waals surface area contributed by atoms with Gasteiger partial charge in [0.2, 0.25) is 5.91 Å². The van der Waals surface area contributed by atoms with Crippen molar-refractivity contribution < 1.29 is 14.3 Å². The van der Waals surface area contributed by atoms with Crippen LogP contribution in [0.25, 0.3) is 21.9 Å². The lowest BCUT2D eigenvalue weighted by molar-refractivity contribution is -0.116. The minimum Gasteiger partial charge on any atom is -0.497 e. The molecule has 1 aromatic carbocycles. The number of anilines is 1. The summed E-state index contributed by atoms with van der Waals surface area (Å²) in [6.45, 7) is 4.17. The molecule has 5 aromatic rings. The molecule has 0 aliphatic heterocycles. The summed E-state index contributed by atoms with van der Waals surface area (Å²) in [4.78, 5) is 38.7. The highest BCUT2D eigenvalue weighted by atomic mass is 16.5. The van der Waals surface area contributed by atoms with Gasteiger partial charge in [-0.05, 0) is 44.2 Å². The standard InChI is InChI=1S/C26H24N6O3/c1-16(2)32-13-22(21-12-28-15-29-26(21)32)25(34)18-8-19(11-27-10-18)30-24(33)14-31-7-6-17-9-20(35-3)4-5-23(17)31/h4-13,15-16H,14H2,1-3H3,(H,30,33). The topological polar surface area (TPSA) is 104 Å². The van der Waals surface area contributed by atoms with E-state index >= 15 is 0 Å². The summed E-state index contributed by atoms with van der Waals surface area (Å²) in [6, 6.07) is 9.39. The van der Waals surface area contributed by atoms with Gasteiger partial charge in [-0.15, -0.1) is 0 Å². The highest BCUT2D eigenvalue weighted by molar-refractivity contribution is 6.16. The average Bonchev–Trinajstić information content (AvgIpc) is 3.45. The van der Waals surface area contributed by atoms with Gasteiger partial charge < -0.3 is 19.2 Å². The van der Waals surface area contributed by atoms with Crippen molar-refractivity contribution in [3.63, 3.8) is 0 Å². The number of carbonyl (C=O) groups excluding carboxylic acids is 2. The van der Waals surface area contributed by atoms with Crippen LogP contribution in [0, 0.1) is 0 Å². The van der Waals surface area contributed by atoms with Crippen molar-refractivity contribution in [3.8, 4) is 5.75 Å². The Labute approximate surface area is 201 Å². The van der Waals surface area contributed by atoms with Gasteiger partial charge in [0.15, 0.2) is 5.78 Å². The number of ketones is 1. The first-order valence-electron chi connectivity index (χ1n) is 11.2. The number of hydrogen-bond acceptors (Lipinski definition) is 6. The number of rotatable bonds is 7. The zero-order valence-electron chi connectivity index (χ0n) is 19.6. The molecule has 0 spiro atoms. The van der Waals surface area contributed by atoms with Crippen LogP contribution in [0.4, 0.5) is 5.69 Å². The highest BCUT2D eigenvalue weighted by Gasteiger charge is 2.20. The number of nitrogens with one attached hydrogen (secondary N) is 1. The molecular weight excluding hydrogens is 444 g/mol. The van der Waals surface area contributed by atoms with E-state index in [-0.39, 0.29) is 24.3 Å². The van der Waals surface area contributed by atoms with E-state index in [1.54, 1.807) is 25.6 Å². The molecule has 1 N–H and O–H groups in total. The number of fused-ring (bicyclic) bond motifs is 2. The smallest absolute Gasteiger partial charge is 0.244 e. The third kappa shape index (κ3) is 4.23. The van der Waals surface area contributed by atoms with Gasteiger partial charge in [-0.1, -0.05) is 0 Å². The van der Waals surface area contributed by atoms with Crippen molar-refractivity contribution in [1.82, 2.24) is 24.1 Å². The Morgan fingerprint density at radius 3 is 2.74 bits per heavy atom. The van der Waals surface area contributed by atoms with Gasteiger partial charge in [-0.25, -0.2) is 9.97 Å². The average molecular weight is 469 g/mol. The molecule has 0 atom stereocenters. The zero-order chi connectivity index (χ0) is 24.5. The van der Waals surface area contributed by atoms with Crippen LogP contribution in [0.1, 0.15) is 35.8 Å². The van der Waals surface area contributed by atoms with Crippen molar-refractivity contribution in [2.24, 2.45) is 0 Å². The summed E-state index contributed by atoms with van der Waals surface area (Å²) < 4.78 is 9.06. The quantitative estimate of drug-likeness (QED) is 0.358. The first-order chi connectivity index (χ1) is 16.9. The van der Waals surface area contributed by atoms with Crippen LogP contribution in [-0.4, -0.2) is 42.9 Å². The molecule has 0 fully saturated rings. The molecule has 176 valence electrons. The second kappa shape index (κ2) is 9.02. The van der Waals surface area contributed by atoms with E-state index in [1.807, 2.05) is 53.4 Å². The number of nitrogens with zero attached hydrogens (tertiary/aromatic N) is 5. The Balaban J connectivity index is 1.37. The second-order valence-corrected chi connectivity index (χ2v) is 8.51. The first kappa shape index (κ1) is 22.3. The van der Waals surface area contributed by atoms with E-state index in [9.17, 15) is 9.59 Å². The number of aromatic nitrogens is 5. The lowest BCUT2D eigenvalue weighted by atomic mass is 10.1. The van der Waals surface area contributed by atoms with Crippen molar-refractivity contribution in [1.29, 1.82) is 0 Å². The highest BCUT2D eigenvalue weighted by Crippen LogP contribution is 2.25. The Kier molecular flexibility index (Phi) is 5.74. The maximum atomic E-state index is 13.4. The molecule has 4 aromatic heterocycles. The third-order valence-electron chi connectivity index (χ3n) is 5.87. The van der Waals surface area contributed by atoms with E-state index in [0.29, 0.717) is 27.8 Å². The van der Waals surface area contributed by atoms with Gasteiger partial charge in [0.05, 0.1) is 24.6 Å². The monoisotopic (exact) mass is 468 g/mol. The summed E-state index contributed by atoms with van der Waals surface area (Å²) in [6.07, 6.45) is 9.78. The number of carbonyl (C=O) groups is 2. The Morgan fingerprint density at radius 1 is 1.09 bits per heavy atom. The summed E-state index contributed by atoms with van der Waals surface area (Å²) >= 11 is 0. The SMILES string of the molecule is COc1ccc2c(ccn2CC(=O)Nc2cncc(C(=O)c3cn(C(C)C)c4ncncc34)c2)c1. The van der Waals surface area contributed by atoms with Crippen LogP contribution >= 0.6 is 0 Å². The number of hydrogen-bond donors (Lipinski definition) is 1. The molecule has 0 aliphatic rings. The minimum absolute atomic E-state index is 0.118. The molecule has 0 bridgehead atoms. The summed E-state index contributed by atoms with van der Waals surface area (Å²) in [7, 11) is 1.62. The molecule has 9 heteroatoms. The van der Waals surface area contributed by atoms with E-state index < -0.39 is 0 Å². The van der Waals surface area contributed by atoms with Gasteiger partial charge in [0, 0.05) is 52.7 Å². The van der Waals surface area contributed by atoms with E-state index in [1.165, 1.54) is 18.7 Å². The number of amides is 1. The van der Waals surface area contributed by atoms with Crippen molar-refractivity contribution in [2.45, 2.75) is 26.4 Å². The molecule has 0 saturated heterocycles. The molecule has 35 heavy (non-hydrogen) atoms. The second-order valence-electron chi connectivity index (χ2n) is 8.51. The maximum Gasteiger partial charge on any atom is 0.244 e. The van der Waals surface area contributed by atoms with Crippen LogP contribution < -0.4 is 10.1 Å². The fraction of sp³-hybridized carbons (Fsp3) is 0.192. The molecule has 4 heterocycles. The van der Waals surface area contributed by atoms with Gasteiger partial charge in [0.1, 0.15) is 24.3 Å². The predicted molar refractivity (Wildman–Crippen MR) is 133 cm³/mol. The molecular formula is C26H24N6O3. The molecule has 9 nitrogen and oxygen atoms in total. The first-order valence-corrected chi connectivity index (χ1v) is 11.2. The lowest BCUT2D eigenvalue weighted by Gasteiger charge is -2.09. The molecule has 0 unspecified atom stereocenters. The normalized spacial score (nSPS) is 11.3. The fourth-order valence-corrected chi connectivity index (χ4v) is 4.15. The van der Waals surface area contributed by atoms with E-state index in [0.717, 1.165) is 16.7 Å². The molecule has 0 aliphatic carbocycles. The Hall–Kier alpha value is -4.53. The van der Waals surface area contributed by atoms with Crippen molar-refractivity contribution in [3.05, 3.63) is 78.8 Å².